The van der Waals surface area contributed by atoms with E-state index in [4.69, 9.17) is 5.73 Å². The van der Waals surface area contributed by atoms with Crippen molar-refractivity contribution in [2.24, 2.45) is 5.73 Å². The first-order valence-corrected chi connectivity index (χ1v) is 3.38. The van der Waals surface area contributed by atoms with Gasteiger partial charge in [-0.05, 0) is 13.3 Å². The van der Waals surface area contributed by atoms with Crippen molar-refractivity contribution in [1.82, 2.24) is 5.32 Å². The summed E-state index contributed by atoms with van der Waals surface area (Å²) in [6.07, 6.45) is 2.94. The molecule has 0 aromatic rings. The maximum atomic E-state index is 10.2. The molecule has 0 saturated heterocycles. The molecule has 58 valence electrons. The van der Waals surface area contributed by atoms with E-state index >= 15 is 0 Å². The second-order valence-corrected chi connectivity index (χ2v) is 2.02. The van der Waals surface area contributed by atoms with Crippen LogP contribution in [0.1, 0.15) is 20.3 Å². The van der Waals surface area contributed by atoms with Crippen molar-refractivity contribution in [3.8, 4) is 0 Å². The summed E-state index contributed by atoms with van der Waals surface area (Å²) in [4.78, 5) is 10.2. The highest BCUT2D eigenvalue weighted by atomic mass is 16.2. The molecule has 0 aliphatic heterocycles. The molecule has 2 amide bonds. The van der Waals surface area contributed by atoms with Gasteiger partial charge >= 0.3 is 6.03 Å². The van der Waals surface area contributed by atoms with Crippen LogP contribution in [0.2, 0.25) is 0 Å². The Balaban J connectivity index is 3.56. The summed E-state index contributed by atoms with van der Waals surface area (Å²) in [7, 11) is 0. The zero-order valence-electron chi connectivity index (χ0n) is 6.48. The number of rotatable bonds is 3. The highest BCUT2D eigenvalue weighted by Crippen LogP contribution is 1.96. The van der Waals surface area contributed by atoms with Gasteiger partial charge in [-0.15, -0.1) is 0 Å². The topological polar surface area (TPSA) is 55.1 Å². The van der Waals surface area contributed by atoms with Gasteiger partial charge in [-0.3, -0.25) is 0 Å². The normalized spacial score (nSPS) is 11.2. The standard InChI is InChI=1S/C7H14N2O/c1-3-6(4-2)5-9-7(8)10/h3H,4-5H2,1-2H3,(H3,8,9,10)/b6-3+. The molecule has 3 nitrogen and oxygen atoms in total. The third-order valence-corrected chi connectivity index (χ3v) is 1.35. The van der Waals surface area contributed by atoms with Gasteiger partial charge in [0.25, 0.3) is 0 Å². The van der Waals surface area contributed by atoms with Crippen molar-refractivity contribution < 1.29 is 4.79 Å². The van der Waals surface area contributed by atoms with Gasteiger partial charge in [0.2, 0.25) is 0 Å². The van der Waals surface area contributed by atoms with E-state index in [-0.39, 0.29) is 0 Å². The summed E-state index contributed by atoms with van der Waals surface area (Å²) in [5.41, 5.74) is 6.07. The summed E-state index contributed by atoms with van der Waals surface area (Å²) < 4.78 is 0. The van der Waals surface area contributed by atoms with Gasteiger partial charge in [-0.2, -0.15) is 0 Å². The van der Waals surface area contributed by atoms with E-state index in [0.29, 0.717) is 6.54 Å². The molecule has 0 saturated carbocycles. The zero-order chi connectivity index (χ0) is 7.98. The van der Waals surface area contributed by atoms with E-state index in [1.54, 1.807) is 0 Å². The Morgan fingerprint density at radius 3 is 2.60 bits per heavy atom. The summed E-state index contributed by atoms with van der Waals surface area (Å²) in [5.74, 6) is 0. The summed E-state index contributed by atoms with van der Waals surface area (Å²) in [6, 6.07) is -0.465. The number of carbonyl (C=O) groups excluding carboxylic acids is 1. The Bertz CT molecular complexity index is 141. The van der Waals surface area contributed by atoms with Crippen molar-refractivity contribution in [3.05, 3.63) is 11.6 Å². The van der Waals surface area contributed by atoms with E-state index in [1.807, 2.05) is 19.9 Å². The van der Waals surface area contributed by atoms with Crippen LogP contribution in [0, 0.1) is 0 Å². The van der Waals surface area contributed by atoms with E-state index in [0.717, 1.165) is 6.42 Å². The molecule has 0 fully saturated rings. The molecule has 0 spiro atoms. The Morgan fingerprint density at radius 2 is 2.30 bits per heavy atom. The molecule has 0 radical (unpaired) electrons. The molecule has 0 aromatic carbocycles. The third-order valence-electron chi connectivity index (χ3n) is 1.35. The van der Waals surface area contributed by atoms with Crippen LogP contribution < -0.4 is 11.1 Å². The minimum atomic E-state index is -0.465. The molecule has 0 aliphatic carbocycles. The lowest BCUT2D eigenvalue weighted by atomic mass is 10.2. The average molecular weight is 142 g/mol. The first-order chi connectivity index (χ1) is 4.70. The van der Waals surface area contributed by atoms with Gasteiger partial charge in [0.1, 0.15) is 0 Å². The lowest BCUT2D eigenvalue weighted by Gasteiger charge is -2.02. The SMILES string of the molecule is C/C=C(\CC)CNC(N)=O. The van der Waals surface area contributed by atoms with Gasteiger partial charge in [-0.25, -0.2) is 4.79 Å². The third kappa shape index (κ3) is 3.95. The van der Waals surface area contributed by atoms with E-state index in [2.05, 4.69) is 5.32 Å². The van der Waals surface area contributed by atoms with Crippen LogP contribution in [-0.4, -0.2) is 12.6 Å². The van der Waals surface area contributed by atoms with Gasteiger partial charge < -0.3 is 11.1 Å². The highest BCUT2D eigenvalue weighted by Gasteiger charge is 1.93. The van der Waals surface area contributed by atoms with Crippen LogP contribution in [0.4, 0.5) is 4.79 Å². The van der Waals surface area contributed by atoms with Crippen LogP contribution >= 0.6 is 0 Å². The second-order valence-electron chi connectivity index (χ2n) is 2.02. The van der Waals surface area contributed by atoms with E-state index in [1.165, 1.54) is 5.57 Å². The lowest BCUT2D eigenvalue weighted by molar-refractivity contribution is 0.249. The van der Waals surface area contributed by atoms with Crippen LogP contribution in [0.15, 0.2) is 11.6 Å². The van der Waals surface area contributed by atoms with Gasteiger partial charge in [0.15, 0.2) is 0 Å². The van der Waals surface area contributed by atoms with Crippen molar-refractivity contribution in [1.29, 1.82) is 0 Å². The number of amides is 2. The Kier molecular flexibility index (Phi) is 4.37. The molecule has 3 heteroatoms. The largest absolute Gasteiger partial charge is 0.352 e. The van der Waals surface area contributed by atoms with Crippen LogP contribution in [0.3, 0.4) is 0 Å². The molecular formula is C7H14N2O. The first kappa shape index (κ1) is 9.01. The van der Waals surface area contributed by atoms with Crippen LogP contribution in [-0.2, 0) is 0 Å². The van der Waals surface area contributed by atoms with Crippen LogP contribution in [0.25, 0.3) is 0 Å². The predicted octanol–water partition coefficient (Wildman–Crippen LogP) is 1.01. The lowest BCUT2D eigenvalue weighted by Crippen LogP contribution is -2.30. The van der Waals surface area contributed by atoms with Crippen molar-refractivity contribution in [2.45, 2.75) is 20.3 Å². The molecule has 0 unspecified atom stereocenters. The number of hydrogen-bond donors (Lipinski definition) is 2. The number of allylic oxidation sites excluding steroid dienone is 1. The number of primary amides is 1. The molecule has 0 aromatic heterocycles. The first-order valence-electron chi connectivity index (χ1n) is 3.38. The highest BCUT2D eigenvalue weighted by molar-refractivity contribution is 5.71. The van der Waals surface area contributed by atoms with Crippen molar-refractivity contribution in [2.75, 3.05) is 6.54 Å². The maximum Gasteiger partial charge on any atom is 0.312 e. The maximum absolute atomic E-state index is 10.2. The molecule has 3 N–H and O–H groups in total. The molecule has 0 atom stereocenters. The Labute approximate surface area is 61.3 Å². The fourth-order valence-electron chi connectivity index (χ4n) is 0.632. The molecule has 10 heavy (non-hydrogen) atoms. The summed E-state index contributed by atoms with van der Waals surface area (Å²) in [6.45, 7) is 4.56. The zero-order valence-corrected chi connectivity index (χ0v) is 6.48. The Morgan fingerprint density at radius 1 is 1.70 bits per heavy atom. The van der Waals surface area contributed by atoms with Crippen molar-refractivity contribution in [3.63, 3.8) is 0 Å². The number of nitrogens with one attached hydrogen (secondary N) is 1. The number of hydrogen-bond acceptors (Lipinski definition) is 1. The second kappa shape index (κ2) is 4.85. The molecular weight excluding hydrogens is 128 g/mol. The predicted molar refractivity (Wildman–Crippen MR) is 41.6 cm³/mol. The smallest absolute Gasteiger partial charge is 0.312 e. The minimum Gasteiger partial charge on any atom is -0.352 e. The average Bonchev–Trinajstić information content (AvgIpc) is 1.90. The summed E-state index contributed by atoms with van der Waals surface area (Å²) in [5, 5.41) is 2.52. The summed E-state index contributed by atoms with van der Waals surface area (Å²) >= 11 is 0. The molecule has 0 bridgehead atoms. The van der Waals surface area contributed by atoms with Crippen molar-refractivity contribution >= 4 is 6.03 Å². The fraction of sp³-hybridized carbons (Fsp3) is 0.571. The molecule has 0 aliphatic rings. The van der Waals surface area contributed by atoms with E-state index < -0.39 is 6.03 Å². The van der Waals surface area contributed by atoms with Gasteiger partial charge in [0, 0.05) is 6.54 Å². The number of urea groups is 1. The molecule has 0 heterocycles. The minimum absolute atomic E-state index is 0.465. The molecule has 0 rings (SSSR count). The monoisotopic (exact) mass is 142 g/mol. The number of carbonyl (C=O) groups is 1. The fourth-order valence-corrected chi connectivity index (χ4v) is 0.632. The van der Waals surface area contributed by atoms with Gasteiger partial charge in [0.05, 0.1) is 0 Å². The van der Waals surface area contributed by atoms with Crippen LogP contribution in [0.5, 0.6) is 0 Å². The Hall–Kier alpha value is -0.990. The quantitative estimate of drug-likeness (QED) is 0.568. The van der Waals surface area contributed by atoms with Gasteiger partial charge in [-0.1, -0.05) is 18.6 Å². The van der Waals surface area contributed by atoms with E-state index in [9.17, 15) is 4.79 Å². The number of nitrogens with two attached hydrogens (primary N) is 1.